The Labute approximate surface area is 214 Å². The van der Waals surface area contributed by atoms with Crippen molar-refractivity contribution < 1.29 is 23.9 Å². The van der Waals surface area contributed by atoms with Gasteiger partial charge in [0.25, 0.3) is 5.91 Å². The number of anilines is 1. The molecule has 1 aromatic carbocycles. The van der Waals surface area contributed by atoms with Crippen molar-refractivity contribution in [3.8, 4) is 0 Å². The highest BCUT2D eigenvalue weighted by Gasteiger charge is 2.34. The summed E-state index contributed by atoms with van der Waals surface area (Å²) in [6.45, 7) is 14.8. The van der Waals surface area contributed by atoms with Gasteiger partial charge in [0.2, 0.25) is 0 Å². The molecule has 198 valence electrons. The quantitative estimate of drug-likeness (QED) is 0.407. The van der Waals surface area contributed by atoms with E-state index in [0.29, 0.717) is 57.0 Å². The Morgan fingerprint density at radius 1 is 1.17 bits per heavy atom. The highest BCUT2D eigenvalue weighted by molar-refractivity contribution is 5.99. The topological polar surface area (TPSA) is 105 Å². The van der Waals surface area contributed by atoms with E-state index in [0.717, 1.165) is 24.1 Å². The Hall–Kier alpha value is -3.23. The van der Waals surface area contributed by atoms with E-state index in [-0.39, 0.29) is 24.4 Å². The van der Waals surface area contributed by atoms with Crippen LogP contribution in [0.25, 0.3) is 0 Å². The number of esters is 1. The lowest BCUT2D eigenvalue weighted by molar-refractivity contribution is -0.144. The molecule has 9 nitrogen and oxygen atoms in total. The molecular formula is C27H40N4O5. The van der Waals surface area contributed by atoms with E-state index in [9.17, 15) is 14.4 Å². The second-order valence-electron chi connectivity index (χ2n) is 10.4. The maximum absolute atomic E-state index is 13.2. The van der Waals surface area contributed by atoms with Crippen LogP contribution in [0.5, 0.6) is 0 Å². The number of hydrogen-bond acceptors (Lipinski definition) is 7. The molecule has 0 spiro atoms. The molecule has 1 fully saturated rings. The van der Waals surface area contributed by atoms with Gasteiger partial charge < -0.3 is 29.9 Å². The lowest BCUT2D eigenvalue weighted by Crippen LogP contribution is -2.50. The first-order valence-electron chi connectivity index (χ1n) is 12.8. The van der Waals surface area contributed by atoms with Crippen LogP contribution in [-0.2, 0) is 20.8 Å². The minimum atomic E-state index is -0.519. The summed E-state index contributed by atoms with van der Waals surface area (Å²) in [6, 6.07) is 5.39. The predicted molar refractivity (Wildman–Crippen MR) is 139 cm³/mol. The molecule has 0 bridgehead atoms. The van der Waals surface area contributed by atoms with Gasteiger partial charge in [-0.05, 0) is 57.4 Å². The summed E-state index contributed by atoms with van der Waals surface area (Å²) in [5, 5.41) is 0. The van der Waals surface area contributed by atoms with Crippen LogP contribution < -0.4 is 10.6 Å². The van der Waals surface area contributed by atoms with E-state index in [1.807, 2.05) is 45.9 Å². The van der Waals surface area contributed by atoms with Crippen molar-refractivity contribution >= 4 is 23.7 Å². The van der Waals surface area contributed by atoms with Crippen LogP contribution in [0, 0.1) is 0 Å². The third kappa shape index (κ3) is 6.92. The summed E-state index contributed by atoms with van der Waals surface area (Å²) >= 11 is 0. The highest BCUT2D eigenvalue weighted by atomic mass is 16.6. The van der Waals surface area contributed by atoms with E-state index >= 15 is 0 Å². The second kappa shape index (κ2) is 11.7. The number of amides is 2. The number of carbonyl (C=O) groups is 3. The van der Waals surface area contributed by atoms with Gasteiger partial charge >= 0.3 is 12.1 Å². The SMILES string of the molecule is C=C(N)[C@H](CCC(=O)OCCCC)N1Cc2cc(N3CCN(C(=O)OC(C)(C)C)CC3)ccc2C1=O. The number of hydrogen-bond donors (Lipinski definition) is 1. The summed E-state index contributed by atoms with van der Waals surface area (Å²) < 4.78 is 10.7. The molecule has 36 heavy (non-hydrogen) atoms. The molecule has 0 aliphatic carbocycles. The summed E-state index contributed by atoms with van der Waals surface area (Å²) in [6.07, 6.45) is 2.05. The molecule has 2 aliphatic heterocycles. The predicted octanol–water partition coefficient (Wildman–Crippen LogP) is 3.66. The van der Waals surface area contributed by atoms with E-state index in [1.165, 1.54) is 0 Å². The Bertz CT molecular complexity index is 979. The Balaban J connectivity index is 1.61. The van der Waals surface area contributed by atoms with Gasteiger partial charge in [0.05, 0.1) is 12.6 Å². The molecule has 1 saturated heterocycles. The van der Waals surface area contributed by atoms with E-state index in [4.69, 9.17) is 15.2 Å². The van der Waals surface area contributed by atoms with Gasteiger partial charge in [-0.2, -0.15) is 0 Å². The van der Waals surface area contributed by atoms with E-state index < -0.39 is 11.6 Å². The summed E-state index contributed by atoms with van der Waals surface area (Å²) in [4.78, 5) is 43.2. The van der Waals surface area contributed by atoms with Crippen molar-refractivity contribution in [1.29, 1.82) is 0 Å². The summed E-state index contributed by atoms with van der Waals surface area (Å²) in [5.41, 5.74) is 8.46. The molecule has 9 heteroatoms. The van der Waals surface area contributed by atoms with Crippen molar-refractivity contribution in [3.63, 3.8) is 0 Å². The average Bonchev–Trinajstić information content (AvgIpc) is 3.13. The molecule has 2 amide bonds. The average molecular weight is 501 g/mol. The van der Waals surface area contributed by atoms with Crippen molar-refractivity contribution in [1.82, 2.24) is 9.80 Å². The van der Waals surface area contributed by atoms with Gasteiger partial charge in [-0.25, -0.2) is 4.79 Å². The zero-order valence-corrected chi connectivity index (χ0v) is 22.0. The molecule has 2 N–H and O–H groups in total. The van der Waals surface area contributed by atoms with Crippen molar-refractivity contribution in [3.05, 3.63) is 41.6 Å². The monoisotopic (exact) mass is 500 g/mol. The van der Waals surface area contributed by atoms with Crippen LogP contribution in [0.1, 0.15) is 69.3 Å². The lowest BCUT2D eigenvalue weighted by Gasteiger charge is -2.36. The number of nitrogens with two attached hydrogens (primary N) is 1. The van der Waals surface area contributed by atoms with Gasteiger partial charge in [-0.1, -0.05) is 19.9 Å². The lowest BCUT2D eigenvalue weighted by atomic mass is 10.1. The number of nitrogens with zero attached hydrogens (tertiary/aromatic N) is 3. The largest absolute Gasteiger partial charge is 0.466 e. The number of rotatable bonds is 9. The first kappa shape index (κ1) is 27.4. The molecule has 1 aromatic rings. The first-order valence-corrected chi connectivity index (χ1v) is 12.8. The first-order chi connectivity index (χ1) is 17.0. The van der Waals surface area contributed by atoms with Crippen LogP contribution in [0.3, 0.4) is 0 Å². The normalized spacial score (nSPS) is 16.6. The third-order valence-electron chi connectivity index (χ3n) is 6.40. The van der Waals surface area contributed by atoms with Gasteiger partial charge in [-0.3, -0.25) is 9.59 Å². The maximum Gasteiger partial charge on any atom is 0.410 e. The van der Waals surface area contributed by atoms with Gasteiger partial charge in [0.15, 0.2) is 0 Å². The van der Waals surface area contributed by atoms with Crippen molar-refractivity contribution in [2.75, 3.05) is 37.7 Å². The minimum Gasteiger partial charge on any atom is -0.466 e. The van der Waals surface area contributed by atoms with Crippen LogP contribution in [-0.4, -0.2) is 72.2 Å². The molecule has 3 rings (SSSR count). The minimum absolute atomic E-state index is 0.109. The van der Waals surface area contributed by atoms with E-state index in [2.05, 4.69) is 11.5 Å². The molecule has 2 aliphatic rings. The fraction of sp³-hybridized carbons (Fsp3) is 0.593. The number of benzene rings is 1. The highest BCUT2D eigenvalue weighted by Crippen LogP contribution is 2.31. The number of ether oxygens (including phenoxy) is 2. The fourth-order valence-electron chi connectivity index (χ4n) is 4.45. The number of carbonyl (C=O) groups excluding carboxylic acids is 3. The molecule has 0 radical (unpaired) electrons. The third-order valence-corrected chi connectivity index (χ3v) is 6.40. The Kier molecular flexibility index (Phi) is 8.87. The molecule has 1 atom stereocenters. The molecule has 0 unspecified atom stereocenters. The molecule has 0 saturated carbocycles. The smallest absolute Gasteiger partial charge is 0.410 e. The number of fused-ring (bicyclic) bond motifs is 1. The van der Waals surface area contributed by atoms with Gasteiger partial charge in [0, 0.05) is 56.1 Å². The van der Waals surface area contributed by atoms with Crippen molar-refractivity contribution in [2.45, 2.75) is 71.6 Å². The molecule has 0 aromatic heterocycles. The van der Waals surface area contributed by atoms with Crippen LogP contribution >= 0.6 is 0 Å². The zero-order valence-electron chi connectivity index (χ0n) is 22.0. The second-order valence-corrected chi connectivity index (χ2v) is 10.4. The molecule has 2 heterocycles. The Morgan fingerprint density at radius 3 is 2.47 bits per heavy atom. The summed E-state index contributed by atoms with van der Waals surface area (Å²) in [5.74, 6) is -0.395. The zero-order chi connectivity index (χ0) is 26.5. The fourth-order valence-corrected chi connectivity index (χ4v) is 4.45. The van der Waals surface area contributed by atoms with Crippen LogP contribution in [0.4, 0.5) is 10.5 Å². The number of unbranched alkanes of at least 4 members (excludes halogenated alkanes) is 1. The molecular weight excluding hydrogens is 460 g/mol. The van der Waals surface area contributed by atoms with Gasteiger partial charge in [-0.15, -0.1) is 0 Å². The summed E-state index contributed by atoms with van der Waals surface area (Å²) in [7, 11) is 0. The van der Waals surface area contributed by atoms with Crippen LogP contribution in [0.15, 0.2) is 30.5 Å². The van der Waals surface area contributed by atoms with E-state index in [1.54, 1.807) is 9.80 Å². The van der Waals surface area contributed by atoms with Crippen molar-refractivity contribution in [2.24, 2.45) is 5.73 Å². The Morgan fingerprint density at radius 2 is 1.86 bits per heavy atom. The van der Waals surface area contributed by atoms with Gasteiger partial charge in [0.1, 0.15) is 5.60 Å². The van der Waals surface area contributed by atoms with Crippen LogP contribution in [0.2, 0.25) is 0 Å². The number of piperazine rings is 1. The standard InChI is InChI=1S/C27H40N4O5/c1-6-7-16-35-24(32)11-10-23(19(2)28)31-18-20-17-21(8-9-22(20)25(31)33)29-12-14-30(15-13-29)26(34)36-27(3,4)5/h8-9,17,23H,2,6-7,10-16,18,28H2,1,3-5H3/t23-/m0/s1. The maximum atomic E-state index is 13.2.